The molecule has 1 aromatic heterocycles. The van der Waals surface area contributed by atoms with E-state index in [1.807, 2.05) is 0 Å². The number of carbonyl (C=O) groups excluding carboxylic acids is 1. The Bertz CT molecular complexity index is 814. The molecule has 2 heterocycles. The van der Waals surface area contributed by atoms with E-state index in [2.05, 4.69) is 9.97 Å². The molecule has 0 N–H and O–H groups in total. The Balaban J connectivity index is 1.92. The molecule has 0 radical (unpaired) electrons. The van der Waals surface area contributed by atoms with Crippen molar-refractivity contribution in [3.05, 3.63) is 47.2 Å². The highest BCUT2D eigenvalue weighted by molar-refractivity contribution is 5.70. The van der Waals surface area contributed by atoms with Crippen LogP contribution in [0.3, 0.4) is 0 Å². The minimum atomic E-state index is -2.92. The van der Waals surface area contributed by atoms with E-state index in [1.165, 1.54) is 17.2 Å². The third-order valence-corrected chi connectivity index (χ3v) is 3.96. The van der Waals surface area contributed by atoms with Crippen LogP contribution < -0.4 is 0 Å². The normalized spacial score (nSPS) is 17.3. The van der Waals surface area contributed by atoms with Crippen LogP contribution in [0.2, 0.25) is 0 Å². The van der Waals surface area contributed by atoms with Gasteiger partial charge in [-0.15, -0.1) is 0 Å². The van der Waals surface area contributed by atoms with Gasteiger partial charge in [0.1, 0.15) is 11.9 Å². The summed E-state index contributed by atoms with van der Waals surface area (Å²) in [5.74, 6) is -0.965. The lowest BCUT2D eigenvalue weighted by atomic mass is 10.1. The highest BCUT2D eigenvalue weighted by Gasteiger charge is 2.29. The molecule has 3 rings (SSSR count). The number of aryl methyl sites for hydroxylation is 1. The fraction of sp³-hybridized carbons (Fsp3) is 0.353. The van der Waals surface area contributed by atoms with Gasteiger partial charge in [0.15, 0.2) is 0 Å². The molecule has 1 fully saturated rings. The molecule has 1 aliphatic heterocycles. The summed E-state index contributed by atoms with van der Waals surface area (Å²) < 4.78 is 44.3. The number of alkyl halides is 2. The number of amides is 1. The molecule has 0 aliphatic carbocycles. The molecule has 2 aromatic rings. The molecule has 8 heteroatoms. The van der Waals surface area contributed by atoms with Crippen LogP contribution in [0.5, 0.6) is 0 Å². The number of aromatic nitrogens is 2. The molecule has 132 valence electrons. The number of hydrogen-bond acceptors (Lipinski definition) is 4. The van der Waals surface area contributed by atoms with E-state index in [0.29, 0.717) is 29.2 Å². The number of nitrogens with zero attached hydrogens (tertiary/aromatic N) is 3. The van der Waals surface area contributed by atoms with E-state index < -0.39 is 23.9 Å². The summed E-state index contributed by atoms with van der Waals surface area (Å²) in [6.07, 6.45) is -2.11. The average molecular weight is 351 g/mol. The fourth-order valence-electron chi connectivity index (χ4n) is 2.63. The van der Waals surface area contributed by atoms with Crippen LogP contribution in [0.25, 0.3) is 11.3 Å². The summed E-state index contributed by atoms with van der Waals surface area (Å²) in [6.45, 7) is 4.18. The molecule has 0 unspecified atom stereocenters. The van der Waals surface area contributed by atoms with Crippen molar-refractivity contribution in [2.45, 2.75) is 32.9 Å². The van der Waals surface area contributed by atoms with Crippen LogP contribution in [-0.4, -0.2) is 33.6 Å². The van der Waals surface area contributed by atoms with Gasteiger partial charge in [0.2, 0.25) is 0 Å². The number of carbonyl (C=O) groups is 1. The van der Waals surface area contributed by atoms with Crippen LogP contribution in [0.1, 0.15) is 30.3 Å². The zero-order valence-electron chi connectivity index (χ0n) is 13.7. The summed E-state index contributed by atoms with van der Waals surface area (Å²) in [4.78, 5) is 21.9. The van der Waals surface area contributed by atoms with Crippen molar-refractivity contribution in [2.75, 3.05) is 6.54 Å². The van der Waals surface area contributed by atoms with Crippen LogP contribution in [0.15, 0.2) is 24.4 Å². The Labute approximate surface area is 142 Å². The van der Waals surface area contributed by atoms with Gasteiger partial charge in [-0.05, 0) is 32.0 Å². The van der Waals surface area contributed by atoms with Gasteiger partial charge < -0.3 is 4.74 Å². The standard InChI is InChI=1S/C17H16F3N3O2/c1-9-7-23(17(24)25-9)8-15-10(2)21-6-14(22-15)11-3-4-13(18)12(5-11)16(19)20/h3-6,9,16H,7-8H2,1-2H3/t9-/m1/s1. The molecular weight excluding hydrogens is 335 g/mol. The minimum Gasteiger partial charge on any atom is -0.444 e. The van der Waals surface area contributed by atoms with Crippen LogP contribution in [0.4, 0.5) is 18.0 Å². The van der Waals surface area contributed by atoms with Crippen molar-refractivity contribution >= 4 is 6.09 Å². The first kappa shape index (κ1) is 17.2. The number of hydrogen-bond donors (Lipinski definition) is 0. The zero-order chi connectivity index (χ0) is 18.1. The Morgan fingerprint density at radius 2 is 2.16 bits per heavy atom. The van der Waals surface area contributed by atoms with Gasteiger partial charge in [0, 0.05) is 5.56 Å². The van der Waals surface area contributed by atoms with Gasteiger partial charge in [0.05, 0.1) is 41.9 Å². The molecule has 1 saturated heterocycles. The van der Waals surface area contributed by atoms with E-state index >= 15 is 0 Å². The van der Waals surface area contributed by atoms with Crippen molar-refractivity contribution in [1.29, 1.82) is 0 Å². The predicted molar refractivity (Wildman–Crippen MR) is 83.5 cm³/mol. The predicted octanol–water partition coefficient (Wildman–Crippen LogP) is 3.87. The lowest BCUT2D eigenvalue weighted by Gasteiger charge is -2.14. The molecule has 0 bridgehead atoms. The quantitative estimate of drug-likeness (QED) is 0.839. The second kappa shape index (κ2) is 6.70. The Kier molecular flexibility index (Phi) is 4.61. The summed E-state index contributed by atoms with van der Waals surface area (Å²) in [7, 11) is 0. The fourth-order valence-corrected chi connectivity index (χ4v) is 2.63. The lowest BCUT2D eigenvalue weighted by Crippen LogP contribution is -2.25. The summed E-state index contributed by atoms with van der Waals surface area (Å²) in [5, 5.41) is 0. The topological polar surface area (TPSA) is 55.3 Å². The second-order valence-corrected chi connectivity index (χ2v) is 5.90. The number of benzene rings is 1. The maximum Gasteiger partial charge on any atom is 0.410 e. The molecule has 1 amide bonds. The van der Waals surface area contributed by atoms with Crippen molar-refractivity contribution in [3.63, 3.8) is 0 Å². The summed E-state index contributed by atoms with van der Waals surface area (Å²) in [5.41, 5.74) is 1.14. The molecule has 0 saturated carbocycles. The monoisotopic (exact) mass is 351 g/mol. The SMILES string of the molecule is Cc1ncc(-c2ccc(F)c(C(F)F)c2)nc1CN1C[C@@H](C)OC1=O. The highest BCUT2D eigenvalue weighted by atomic mass is 19.3. The number of rotatable bonds is 4. The zero-order valence-corrected chi connectivity index (χ0v) is 13.7. The molecule has 1 aliphatic rings. The van der Waals surface area contributed by atoms with E-state index in [1.54, 1.807) is 13.8 Å². The largest absolute Gasteiger partial charge is 0.444 e. The maximum atomic E-state index is 13.5. The molecule has 25 heavy (non-hydrogen) atoms. The number of halogens is 3. The average Bonchev–Trinajstić information content (AvgIpc) is 2.87. The lowest BCUT2D eigenvalue weighted by molar-refractivity contribution is 0.137. The number of ether oxygens (including phenoxy) is 1. The van der Waals surface area contributed by atoms with E-state index in [-0.39, 0.29) is 12.6 Å². The number of cyclic esters (lactones) is 1. The molecule has 1 aromatic carbocycles. The second-order valence-electron chi connectivity index (χ2n) is 5.90. The first-order valence-electron chi connectivity index (χ1n) is 7.71. The molecule has 0 spiro atoms. The first-order chi connectivity index (χ1) is 11.8. The van der Waals surface area contributed by atoms with E-state index in [0.717, 1.165) is 12.1 Å². The van der Waals surface area contributed by atoms with Crippen LogP contribution in [0, 0.1) is 12.7 Å². The van der Waals surface area contributed by atoms with Crippen molar-refractivity contribution in [1.82, 2.24) is 14.9 Å². The van der Waals surface area contributed by atoms with Gasteiger partial charge in [-0.1, -0.05) is 0 Å². The highest BCUT2D eigenvalue weighted by Crippen LogP contribution is 2.27. The van der Waals surface area contributed by atoms with Crippen LogP contribution >= 0.6 is 0 Å². The molecule has 5 nitrogen and oxygen atoms in total. The van der Waals surface area contributed by atoms with Gasteiger partial charge in [-0.2, -0.15) is 0 Å². The summed E-state index contributed by atoms with van der Waals surface area (Å²) >= 11 is 0. The van der Waals surface area contributed by atoms with E-state index in [9.17, 15) is 18.0 Å². The third-order valence-electron chi connectivity index (χ3n) is 3.96. The maximum absolute atomic E-state index is 13.5. The van der Waals surface area contributed by atoms with Gasteiger partial charge in [-0.25, -0.2) is 22.9 Å². The Hall–Kier alpha value is -2.64. The Morgan fingerprint density at radius 3 is 2.80 bits per heavy atom. The van der Waals surface area contributed by atoms with Gasteiger partial charge in [0.25, 0.3) is 6.43 Å². The van der Waals surface area contributed by atoms with Crippen LogP contribution in [-0.2, 0) is 11.3 Å². The van der Waals surface area contributed by atoms with Gasteiger partial charge >= 0.3 is 6.09 Å². The van der Waals surface area contributed by atoms with Crippen molar-refractivity contribution < 1.29 is 22.7 Å². The molecule has 1 atom stereocenters. The Morgan fingerprint density at radius 1 is 1.40 bits per heavy atom. The first-order valence-corrected chi connectivity index (χ1v) is 7.71. The third kappa shape index (κ3) is 3.57. The van der Waals surface area contributed by atoms with Crippen molar-refractivity contribution in [3.8, 4) is 11.3 Å². The van der Waals surface area contributed by atoms with Gasteiger partial charge in [-0.3, -0.25) is 9.88 Å². The van der Waals surface area contributed by atoms with Crippen molar-refractivity contribution in [2.24, 2.45) is 0 Å². The minimum absolute atomic E-state index is 0.199. The molecular formula is C17H16F3N3O2. The summed E-state index contributed by atoms with van der Waals surface area (Å²) in [6, 6.07) is 3.42. The smallest absolute Gasteiger partial charge is 0.410 e. The van der Waals surface area contributed by atoms with E-state index in [4.69, 9.17) is 4.74 Å².